The molecule has 2 rings (SSSR count). The van der Waals surface area contributed by atoms with Crippen molar-refractivity contribution >= 4 is 10.9 Å². The Morgan fingerprint density at radius 1 is 1.35 bits per heavy atom. The second-order valence-corrected chi connectivity index (χ2v) is 4.50. The molecule has 1 heterocycles. The highest BCUT2D eigenvalue weighted by molar-refractivity contribution is 5.80. The Morgan fingerprint density at radius 2 is 2.06 bits per heavy atom. The van der Waals surface area contributed by atoms with Crippen molar-refractivity contribution in [3.05, 3.63) is 45.7 Å². The fourth-order valence-electron chi connectivity index (χ4n) is 2.10. The van der Waals surface area contributed by atoms with E-state index in [0.717, 1.165) is 17.3 Å². The number of benzene rings is 1. The molecule has 1 aromatic heterocycles. The molecule has 1 aromatic carbocycles. The van der Waals surface area contributed by atoms with Gasteiger partial charge in [-0.2, -0.15) is 0 Å². The van der Waals surface area contributed by atoms with Gasteiger partial charge in [0.1, 0.15) is 0 Å². The SMILES string of the molecule is CCc1ccc2c(c1)cc(C(C)N)c(=O)n2C. The molecule has 0 bridgehead atoms. The van der Waals surface area contributed by atoms with Crippen molar-refractivity contribution in [3.63, 3.8) is 0 Å². The third-order valence-electron chi connectivity index (χ3n) is 3.21. The highest BCUT2D eigenvalue weighted by Crippen LogP contribution is 2.17. The van der Waals surface area contributed by atoms with Gasteiger partial charge in [-0.25, -0.2) is 0 Å². The van der Waals surface area contributed by atoms with Crippen LogP contribution in [0, 0.1) is 0 Å². The van der Waals surface area contributed by atoms with E-state index in [1.54, 1.807) is 11.6 Å². The van der Waals surface area contributed by atoms with Crippen molar-refractivity contribution < 1.29 is 0 Å². The van der Waals surface area contributed by atoms with Gasteiger partial charge in [-0.1, -0.05) is 13.0 Å². The van der Waals surface area contributed by atoms with Gasteiger partial charge in [0.15, 0.2) is 0 Å². The van der Waals surface area contributed by atoms with Crippen LogP contribution in [0.3, 0.4) is 0 Å². The van der Waals surface area contributed by atoms with E-state index in [1.807, 2.05) is 19.1 Å². The first-order valence-electron chi connectivity index (χ1n) is 5.92. The van der Waals surface area contributed by atoms with Gasteiger partial charge in [0.25, 0.3) is 5.56 Å². The number of nitrogens with zero attached hydrogens (tertiary/aromatic N) is 1. The monoisotopic (exact) mass is 230 g/mol. The minimum atomic E-state index is -0.233. The zero-order chi connectivity index (χ0) is 12.6. The minimum Gasteiger partial charge on any atom is -0.324 e. The number of rotatable bonds is 2. The number of hydrogen-bond acceptors (Lipinski definition) is 2. The van der Waals surface area contributed by atoms with Crippen LogP contribution in [0.4, 0.5) is 0 Å². The molecule has 0 saturated heterocycles. The molecule has 0 fully saturated rings. The smallest absolute Gasteiger partial charge is 0.255 e. The molecule has 17 heavy (non-hydrogen) atoms. The summed E-state index contributed by atoms with van der Waals surface area (Å²) in [5.41, 5.74) is 8.73. The minimum absolute atomic E-state index is 0.00301. The van der Waals surface area contributed by atoms with Crippen molar-refractivity contribution in [2.45, 2.75) is 26.3 Å². The summed E-state index contributed by atoms with van der Waals surface area (Å²) in [5, 5.41) is 1.08. The molecule has 1 unspecified atom stereocenters. The fraction of sp³-hybridized carbons (Fsp3) is 0.357. The molecule has 0 amide bonds. The van der Waals surface area contributed by atoms with Crippen LogP contribution in [0.15, 0.2) is 29.1 Å². The number of nitrogens with two attached hydrogens (primary N) is 1. The number of fused-ring (bicyclic) bond motifs is 1. The lowest BCUT2D eigenvalue weighted by atomic mass is 10.0. The van der Waals surface area contributed by atoms with E-state index in [9.17, 15) is 4.79 Å². The third-order valence-corrected chi connectivity index (χ3v) is 3.21. The van der Waals surface area contributed by atoms with E-state index in [1.165, 1.54) is 5.56 Å². The molecule has 0 aliphatic carbocycles. The van der Waals surface area contributed by atoms with Gasteiger partial charge in [0.2, 0.25) is 0 Å². The highest BCUT2D eigenvalue weighted by atomic mass is 16.1. The average molecular weight is 230 g/mol. The van der Waals surface area contributed by atoms with Gasteiger partial charge in [-0.3, -0.25) is 4.79 Å². The third kappa shape index (κ3) is 1.98. The lowest BCUT2D eigenvalue weighted by Crippen LogP contribution is -2.25. The number of aromatic nitrogens is 1. The van der Waals surface area contributed by atoms with Crippen LogP contribution in [0.5, 0.6) is 0 Å². The van der Waals surface area contributed by atoms with E-state index in [4.69, 9.17) is 5.73 Å². The van der Waals surface area contributed by atoms with E-state index in [-0.39, 0.29) is 11.6 Å². The lowest BCUT2D eigenvalue weighted by Gasteiger charge is -2.11. The molecular weight excluding hydrogens is 212 g/mol. The summed E-state index contributed by atoms with van der Waals surface area (Å²) >= 11 is 0. The van der Waals surface area contributed by atoms with Crippen LogP contribution in [-0.4, -0.2) is 4.57 Å². The van der Waals surface area contributed by atoms with Gasteiger partial charge in [0.05, 0.1) is 5.52 Å². The maximum atomic E-state index is 12.1. The maximum Gasteiger partial charge on any atom is 0.255 e. The molecular formula is C14H18N2O. The van der Waals surface area contributed by atoms with E-state index in [2.05, 4.69) is 19.1 Å². The Labute approximate surface area is 101 Å². The van der Waals surface area contributed by atoms with Gasteiger partial charge < -0.3 is 10.3 Å². The van der Waals surface area contributed by atoms with Crippen LogP contribution in [-0.2, 0) is 13.5 Å². The van der Waals surface area contributed by atoms with Crippen LogP contribution < -0.4 is 11.3 Å². The standard InChI is InChI=1S/C14H18N2O/c1-4-10-5-6-13-11(7-10)8-12(9(2)15)14(17)16(13)3/h5-9H,4,15H2,1-3H3. The molecule has 0 spiro atoms. The van der Waals surface area contributed by atoms with Crippen molar-refractivity contribution in [2.24, 2.45) is 12.8 Å². The van der Waals surface area contributed by atoms with E-state index in [0.29, 0.717) is 5.56 Å². The summed E-state index contributed by atoms with van der Waals surface area (Å²) in [4.78, 5) is 12.1. The molecule has 90 valence electrons. The summed E-state index contributed by atoms with van der Waals surface area (Å²) in [5.74, 6) is 0. The summed E-state index contributed by atoms with van der Waals surface area (Å²) in [6.45, 7) is 3.96. The Hall–Kier alpha value is -1.61. The topological polar surface area (TPSA) is 48.0 Å². The van der Waals surface area contributed by atoms with Crippen molar-refractivity contribution in [1.82, 2.24) is 4.57 Å². The molecule has 3 nitrogen and oxygen atoms in total. The highest BCUT2D eigenvalue weighted by Gasteiger charge is 2.10. The van der Waals surface area contributed by atoms with E-state index >= 15 is 0 Å². The van der Waals surface area contributed by atoms with Crippen LogP contribution in [0.25, 0.3) is 10.9 Å². The predicted octanol–water partition coefficient (Wildman–Crippen LogP) is 2.12. The van der Waals surface area contributed by atoms with Crippen LogP contribution in [0.2, 0.25) is 0 Å². The van der Waals surface area contributed by atoms with Gasteiger partial charge >= 0.3 is 0 Å². The second-order valence-electron chi connectivity index (χ2n) is 4.50. The maximum absolute atomic E-state index is 12.1. The summed E-state index contributed by atoms with van der Waals surface area (Å²) in [7, 11) is 1.79. The largest absolute Gasteiger partial charge is 0.324 e. The molecule has 0 aliphatic rings. The molecule has 3 heteroatoms. The summed E-state index contributed by atoms with van der Waals surface area (Å²) in [6, 6.07) is 7.87. The zero-order valence-corrected chi connectivity index (χ0v) is 10.5. The normalized spacial score (nSPS) is 12.9. The molecule has 0 aliphatic heterocycles. The van der Waals surface area contributed by atoms with Crippen molar-refractivity contribution in [1.29, 1.82) is 0 Å². The summed E-state index contributed by atoms with van der Waals surface area (Å²) in [6.07, 6.45) is 0.992. The van der Waals surface area contributed by atoms with Crippen LogP contribution in [0.1, 0.15) is 31.0 Å². The number of pyridine rings is 1. The summed E-state index contributed by atoms with van der Waals surface area (Å²) < 4.78 is 1.67. The fourth-order valence-corrected chi connectivity index (χ4v) is 2.10. The predicted molar refractivity (Wildman–Crippen MR) is 71.2 cm³/mol. The number of aryl methyl sites for hydroxylation is 2. The second kappa shape index (κ2) is 4.34. The molecule has 0 radical (unpaired) electrons. The zero-order valence-electron chi connectivity index (χ0n) is 10.5. The first kappa shape index (κ1) is 11.9. The quantitative estimate of drug-likeness (QED) is 0.859. The van der Waals surface area contributed by atoms with Crippen molar-refractivity contribution in [3.8, 4) is 0 Å². The molecule has 1 atom stereocenters. The average Bonchev–Trinajstić information content (AvgIpc) is 2.32. The lowest BCUT2D eigenvalue weighted by molar-refractivity contribution is 0.772. The van der Waals surface area contributed by atoms with Crippen LogP contribution >= 0.6 is 0 Å². The van der Waals surface area contributed by atoms with Gasteiger partial charge in [0, 0.05) is 18.7 Å². The van der Waals surface area contributed by atoms with Gasteiger partial charge in [-0.15, -0.1) is 0 Å². The Morgan fingerprint density at radius 3 is 2.65 bits per heavy atom. The van der Waals surface area contributed by atoms with Gasteiger partial charge in [-0.05, 0) is 42.5 Å². The first-order chi connectivity index (χ1) is 8.04. The Balaban J connectivity index is 2.82. The van der Waals surface area contributed by atoms with Crippen molar-refractivity contribution in [2.75, 3.05) is 0 Å². The molecule has 0 saturated carbocycles. The molecule has 2 N–H and O–H groups in total. The van der Waals surface area contributed by atoms with E-state index < -0.39 is 0 Å². The Kier molecular flexibility index (Phi) is 3.03. The first-order valence-corrected chi connectivity index (χ1v) is 5.92. The number of hydrogen-bond donors (Lipinski definition) is 1. The Bertz CT molecular complexity index is 611. The molecule has 2 aromatic rings.